The van der Waals surface area contributed by atoms with Crippen LogP contribution in [0.25, 0.3) is 0 Å². The number of sulfonamides is 1. The molecule has 9 heteroatoms. The van der Waals surface area contributed by atoms with Gasteiger partial charge in [0.15, 0.2) is 0 Å². The molecule has 1 aliphatic rings. The molecule has 2 aromatic carbocycles. The number of carbonyl (C=O) groups excluding carboxylic acids is 1. The average molecular weight is 452 g/mol. The number of benzene rings is 2. The van der Waals surface area contributed by atoms with Crippen LogP contribution in [0.15, 0.2) is 47.4 Å². The van der Waals surface area contributed by atoms with Crippen molar-refractivity contribution in [2.75, 3.05) is 47.4 Å². The number of nitrogens with zero attached hydrogens (tertiary/aromatic N) is 3. The molecule has 1 fully saturated rings. The zero-order chi connectivity index (χ0) is 21.9. The molecule has 7 nitrogen and oxygen atoms in total. The number of rotatable bonds is 6. The minimum absolute atomic E-state index is 0.0600. The summed E-state index contributed by atoms with van der Waals surface area (Å²) in [6, 6.07) is 11.2. The van der Waals surface area contributed by atoms with Gasteiger partial charge in [0.2, 0.25) is 10.0 Å². The van der Waals surface area contributed by atoms with Gasteiger partial charge in [-0.15, -0.1) is 0 Å². The van der Waals surface area contributed by atoms with Gasteiger partial charge in [0, 0.05) is 55.9 Å². The third-order valence-electron chi connectivity index (χ3n) is 5.23. The number of amides is 1. The van der Waals surface area contributed by atoms with Crippen LogP contribution >= 0.6 is 11.6 Å². The lowest BCUT2D eigenvalue weighted by Crippen LogP contribution is -2.47. The highest BCUT2D eigenvalue weighted by Gasteiger charge is 2.24. The summed E-state index contributed by atoms with van der Waals surface area (Å²) in [7, 11) is 1.33. The molecule has 0 aliphatic carbocycles. The van der Waals surface area contributed by atoms with E-state index in [1.165, 1.54) is 42.7 Å². The fraction of sp³-hybridized carbons (Fsp3) is 0.381. The number of likely N-dealkylation sites (N-methyl/N-ethyl adjacent to an activating group) is 1. The number of halogens is 1. The third-order valence-corrected chi connectivity index (χ3v) is 7.30. The van der Waals surface area contributed by atoms with E-state index in [0.29, 0.717) is 35.0 Å². The van der Waals surface area contributed by atoms with Crippen molar-refractivity contribution >= 4 is 27.5 Å². The number of piperazine rings is 1. The second kappa shape index (κ2) is 9.34. The van der Waals surface area contributed by atoms with Crippen LogP contribution in [0.2, 0.25) is 5.02 Å². The van der Waals surface area contributed by atoms with E-state index in [2.05, 4.69) is 4.90 Å². The highest BCUT2D eigenvalue weighted by Crippen LogP contribution is 2.25. The standard InChI is InChI=1S/C21H26ClN3O4S/c1-23-10-12-25(13-11-23)21(26)16-4-9-20(29-3)17(14-16)15-24(2)30(27,28)19-7-5-18(22)6-8-19/h4-9,14H,10-13,15H2,1-3H3. The topological polar surface area (TPSA) is 70.2 Å². The van der Waals surface area contributed by atoms with Crippen LogP contribution in [0.5, 0.6) is 5.75 Å². The van der Waals surface area contributed by atoms with E-state index in [4.69, 9.17) is 16.3 Å². The molecule has 0 bridgehead atoms. The molecule has 2 aromatic rings. The first kappa shape index (κ1) is 22.6. The summed E-state index contributed by atoms with van der Waals surface area (Å²) in [4.78, 5) is 17.1. The smallest absolute Gasteiger partial charge is 0.253 e. The molecule has 1 saturated heterocycles. The van der Waals surface area contributed by atoms with Gasteiger partial charge in [-0.3, -0.25) is 4.79 Å². The largest absolute Gasteiger partial charge is 0.496 e. The molecule has 3 rings (SSSR count). The second-order valence-corrected chi connectivity index (χ2v) is 9.82. The van der Waals surface area contributed by atoms with Crippen LogP contribution in [-0.4, -0.2) is 75.8 Å². The Hall–Kier alpha value is -2.13. The summed E-state index contributed by atoms with van der Waals surface area (Å²) in [5, 5.41) is 0.466. The molecule has 0 saturated carbocycles. The van der Waals surface area contributed by atoms with Gasteiger partial charge in [0.05, 0.1) is 12.0 Å². The summed E-state index contributed by atoms with van der Waals surface area (Å²) in [5.74, 6) is 0.471. The van der Waals surface area contributed by atoms with Crippen molar-refractivity contribution in [1.29, 1.82) is 0 Å². The van der Waals surface area contributed by atoms with E-state index in [1.807, 2.05) is 11.9 Å². The van der Waals surface area contributed by atoms with E-state index in [9.17, 15) is 13.2 Å². The predicted molar refractivity (Wildman–Crippen MR) is 116 cm³/mol. The Labute approximate surface area is 182 Å². The summed E-state index contributed by atoms with van der Waals surface area (Å²) in [6.45, 7) is 3.06. The molecule has 0 atom stereocenters. The quantitative estimate of drug-likeness (QED) is 0.675. The Morgan fingerprint density at radius 2 is 1.73 bits per heavy atom. The van der Waals surface area contributed by atoms with Crippen molar-refractivity contribution in [3.05, 3.63) is 58.6 Å². The van der Waals surface area contributed by atoms with Crippen LogP contribution in [0.3, 0.4) is 0 Å². The van der Waals surface area contributed by atoms with Crippen molar-refractivity contribution in [3.63, 3.8) is 0 Å². The first-order chi connectivity index (χ1) is 14.2. The molecular weight excluding hydrogens is 426 g/mol. The number of hydrogen-bond acceptors (Lipinski definition) is 5. The Morgan fingerprint density at radius 3 is 2.33 bits per heavy atom. The fourth-order valence-electron chi connectivity index (χ4n) is 3.34. The zero-order valence-electron chi connectivity index (χ0n) is 17.3. The summed E-state index contributed by atoms with van der Waals surface area (Å²) in [6.07, 6.45) is 0. The van der Waals surface area contributed by atoms with E-state index >= 15 is 0 Å². The number of ether oxygens (including phenoxy) is 1. The molecule has 162 valence electrons. The van der Waals surface area contributed by atoms with Crippen molar-refractivity contribution in [1.82, 2.24) is 14.1 Å². The molecule has 1 amide bonds. The number of carbonyl (C=O) groups is 1. The van der Waals surface area contributed by atoms with Gasteiger partial charge in [0.25, 0.3) is 5.91 Å². The van der Waals surface area contributed by atoms with E-state index in [-0.39, 0.29) is 17.3 Å². The van der Waals surface area contributed by atoms with Crippen LogP contribution in [0.1, 0.15) is 15.9 Å². The molecule has 0 radical (unpaired) electrons. The van der Waals surface area contributed by atoms with Gasteiger partial charge < -0.3 is 14.5 Å². The van der Waals surface area contributed by atoms with Crippen molar-refractivity contribution in [2.24, 2.45) is 0 Å². The maximum absolute atomic E-state index is 12.9. The Morgan fingerprint density at radius 1 is 1.10 bits per heavy atom. The number of methoxy groups -OCH3 is 1. The average Bonchev–Trinajstić information content (AvgIpc) is 2.74. The minimum atomic E-state index is -3.72. The lowest BCUT2D eigenvalue weighted by atomic mass is 10.1. The normalized spacial score (nSPS) is 15.4. The molecule has 0 aromatic heterocycles. The van der Waals surface area contributed by atoms with Crippen LogP contribution in [0.4, 0.5) is 0 Å². The molecule has 1 aliphatic heterocycles. The highest BCUT2D eigenvalue weighted by atomic mass is 35.5. The van der Waals surface area contributed by atoms with Gasteiger partial charge in [-0.05, 0) is 49.5 Å². The molecule has 0 unspecified atom stereocenters. The van der Waals surface area contributed by atoms with E-state index < -0.39 is 10.0 Å². The Balaban J connectivity index is 1.83. The van der Waals surface area contributed by atoms with Crippen molar-refractivity contribution in [2.45, 2.75) is 11.4 Å². The van der Waals surface area contributed by atoms with Gasteiger partial charge in [-0.25, -0.2) is 8.42 Å². The Bertz CT molecular complexity index is 1000. The van der Waals surface area contributed by atoms with Gasteiger partial charge in [-0.2, -0.15) is 4.31 Å². The molecule has 30 heavy (non-hydrogen) atoms. The number of hydrogen-bond donors (Lipinski definition) is 0. The summed E-state index contributed by atoms with van der Waals surface area (Å²) in [5.41, 5.74) is 1.14. The van der Waals surface area contributed by atoms with Crippen LogP contribution in [0, 0.1) is 0 Å². The maximum atomic E-state index is 12.9. The van der Waals surface area contributed by atoms with Crippen LogP contribution in [-0.2, 0) is 16.6 Å². The fourth-order valence-corrected chi connectivity index (χ4v) is 4.61. The lowest BCUT2D eigenvalue weighted by Gasteiger charge is -2.32. The molecular formula is C21H26ClN3O4S. The minimum Gasteiger partial charge on any atom is -0.496 e. The van der Waals surface area contributed by atoms with Gasteiger partial charge in [0.1, 0.15) is 5.75 Å². The van der Waals surface area contributed by atoms with E-state index in [1.54, 1.807) is 18.2 Å². The van der Waals surface area contributed by atoms with Crippen LogP contribution < -0.4 is 4.74 Å². The highest BCUT2D eigenvalue weighted by molar-refractivity contribution is 7.89. The van der Waals surface area contributed by atoms with Crippen molar-refractivity contribution in [3.8, 4) is 5.75 Å². The monoisotopic (exact) mass is 451 g/mol. The maximum Gasteiger partial charge on any atom is 0.253 e. The summed E-state index contributed by atoms with van der Waals surface area (Å²) >= 11 is 5.87. The SMILES string of the molecule is COc1ccc(C(=O)N2CCN(C)CC2)cc1CN(C)S(=O)(=O)c1ccc(Cl)cc1. The van der Waals surface area contributed by atoms with Gasteiger partial charge >= 0.3 is 0 Å². The lowest BCUT2D eigenvalue weighted by molar-refractivity contribution is 0.0664. The molecule has 1 heterocycles. The predicted octanol–water partition coefficient (Wildman–Crippen LogP) is 2.56. The first-order valence-electron chi connectivity index (χ1n) is 9.59. The summed E-state index contributed by atoms with van der Waals surface area (Å²) < 4.78 is 32.5. The molecule has 0 N–H and O–H groups in total. The second-order valence-electron chi connectivity index (χ2n) is 7.34. The van der Waals surface area contributed by atoms with Crippen molar-refractivity contribution < 1.29 is 17.9 Å². The molecule has 0 spiro atoms. The van der Waals surface area contributed by atoms with E-state index in [0.717, 1.165) is 13.1 Å². The Kier molecular flexibility index (Phi) is 7.02. The first-order valence-corrected chi connectivity index (χ1v) is 11.4. The van der Waals surface area contributed by atoms with Gasteiger partial charge in [-0.1, -0.05) is 11.6 Å². The zero-order valence-corrected chi connectivity index (χ0v) is 18.9. The third kappa shape index (κ3) is 4.95.